The number of hydrogen-bond acceptors (Lipinski definition) is 6. The van der Waals surface area contributed by atoms with Crippen LogP contribution in [0.15, 0.2) is 35.5 Å². The summed E-state index contributed by atoms with van der Waals surface area (Å²) >= 11 is -7.57. The standard InChI is InChI=1S/3C5H2F6O2.H2O.Pr/c3*6-4(7,8)2(12)1-3(13)5(9,10)11;;/h3*1,12H;1H2;/q;;;;+3/p-3/b3*2-1-;;. The molecule has 0 rings (SSSR count). The Morgan fingerprint density at radius 1 is 0.390 bits per heavy atom. The van der Waals surface area contributed by atoms with Crippen LogP contribution in [0.2, 0.25) is 0 Å². The van der Waals surface area contributed by atoms with Gasteiger partial charge >= 0.3 is 223 Å². The van der Waals surface area contributed by atoms with Gasteiger partial charge < -0.3 is 5.48 Å². The molecule has 0 aromatic heterocycles. The van der Waals surface area contributed by atoms with E-state index in [0.29, 0.717) is 0 Å². The summed E-state index contributed by atoms with van der Waals surface area (Å²) in [6, 6.07) is 0. The molecule has 0 aromatic rings. The fourth-order valence-electron chi connectivity index (χ4n) is 1.53. The van der Waals surface area contributed by atoms with Crippen molar-refractivity contribution in [2.45, 2.75) is 37.1 Å². The normalized spacial score (nSPS) is 14.6. The van der Waals surface area contributed by atoms with Gasteiger partial charge in [-0.1, -0.05) is 0 Å². The molecule has 0 fully saturated rings. The van der Waals surface area contributed by atoms with Gasteiger partial charge in [0.05, 0.1) is 0 Å². The molecule has 0 aliphatic heterocycles. The van der Waals surface area contributed by atoms with Crippen molar-refractivity contribution in [1.29, 1.82) is 0 Å². The van der Waals surface area contributed by atoms with Gasteiger partial charge in [-0.3, -0.25) is 0 Å². The van der Waals surface area contributed by atoms with Crippen LogP contribution < -0.4 is 0 Å². The van der Waals surface area contributed by atoms with Gasteiger partial charge in [0.2, 0.25) is 0 Å². The van der Waals surface area contributed by atoms with Crippen molar-refractivity contribution in [1.82, 2.24) is 0 Å². The monoisotopic (exact) mass is 780 g/mol. The molecule has 0 spiro atoms. The van der Waals surface area contributed by atoms with E-state index in [0.717, 1.165) is 0 Å². The van der Waals surface area contributed by atoms with E-state index >= 15 is 0 Å². The summed E-state index contributed by atoms with van der Waals surface area (Å²) in [6.07, 6.45) is -42.8. The quantitative estimate of drug-likeness (QED) is 0.178. The van der Waals surface area contributed by atoms with E-state index in [1.807, 2.05) is 0 Å². The molecule has 0 aliphatic carbocycles. The Morgan fingerprint density at radius 2 is 0.561 bits per heavy atom. The van der Waals surface area contributed by atoms with Crippen LogP contribution >= 0.6 is 0 Å². The molecule has 0 radical (unpaired) electrons. The molecule has 0 aromatic carbocycles. The number of hydrogen-bond donors (Lipinski definition) is 0. The van der Waals surface area contributed by atoms with Crippen molar-refractivity contribution in [3.63, 3.8) is 0 Å². The molecule has 0 atom stereocenters. The average molecular weight is 780 g/mol. The fourth-order valence-corrected chi connectivity index (χ4v) is 5.93. The summed E-state index contributed by atoms with van der Waals surface area (Å²) < 4.78 is 238. The van der Waals surface area contributed by atoms with E-state index in [1.165, 1.54) is 0 Å². The fraction of sp³-hybridized carbons (Fsp3) is 0.400. The zero-order valence-electron chi connectivity index (χ0n) is 18.1. The molecule has 0 saturated carbocycles. The zero-order valence-corrected chi connectivity index (χ0v) is 21.8. The topological polar surface area (TPSA) is 110 Å². The van der Waals surface area contributed by atoms with Crippen molar-refractivity contribution in [3.05, 3.63) is 35.5 Å². The van der Waals surface area contributed by atoms with Gasteiger partial charge in [-0.15, -0.1) is 0 Å². The van der Waals surface area contributed by atoms with E-state index in [-0.39, 0.29) is 5.48 Å². The maximum atomic E-state index is 13.0. The first-order valence-electron chi connectivity index (χ1n) is 8.57. The van der Waals surface area contributed by atoms with Crippen LogP contribution in [0.4, 0.5) is 79.0 Å². The van der Waals surface area contributed by atoms with Crippen LogP contribution in [-0.4, -0.2) is 59.9 Å². The molecule has 7 nitrogen and oxygen atoms in total. The molecule has 0 bridgehead atoms. The first-order chi connectivity index (χ1) is 17.4. The average Bonchev–Trinajstić information content (AvgIpc) is 2.67. The van der Waals surface area contributed by atoms with Gasteiger partial charge in [0.15, 0.2) is 0 Å². The summed E-state index contributed by atoms with van der Waals surface area (Å²) in [6.45, 7) is 0. The molecule has 0 heterocycles. The van der Waals surface area contributed by atoms with Crippen LogP contribution in [0.5, 0.6) is 0 Å². The Hall–Kier alpha value is -2.31. The van der Waals surface area contributed by atoms with E-state index in [1.54, 1.807) is 0 Å². The zero-order chi connectivity index (χ0) is 32.3. The third-order valence-electron chi connectivity index (χ3n) is 3.13. The van der Waals surface area contributed by atoms with Gasteiger partial charge in [0.1, 0.15) is 0 Å². The van der Waals surface area contributed by atoms with E-state index < -0.39 is 127 Å². The van der Waals surface area contributed by atoms with Crippen LogP contribution in [-0.2, 0) is 17.4 Å². The van der Waals surface area contributed by atoms with Crippen molar-refractivity contribution in [3.8, 4) is 0 Å². The van der Waals surface area contributed by atoms with Crippen molar-refractivity contribution in [2.75, 3.05) is 0 Å². The Balaban J connectivity index is 0. The summed E-state index contributed by atoms with van der Waals surface area (Å²) in [7, 11) is 0. The molecule has 236 valence electrons. The second kappa shape index (κ2) is 13.8. The van der Waals surface area contributed by atoms with Gasteiger partial charge in [0.25, 0.3) is 0 Å². The number of alkyl halides is 18. The predicted octanol–water partition coefficient (Wildman–Crippen LogP) is 5.31. The molecule has 26 heteroatoms. The predicted molar refractivity (Wildman–Crippen MR) is 82.5 cm³/mol. The maximum absolute atomic E-state index is 13.0. The first kappa shape index (κ1) is 40.8. The van der Waals surface area contributed by atoms with Crippen molar-refractivity contribution in [2.24, 2.45) is 0 Å². The van der Waals surface area contributed by atoms with Gasteiger partial charge in [-0.2, -0.15) is 0 Å². The van der Waals surface area contributed by atoms with Crippen molar-refractivity contribution >= 4 is 17.3 Å². The molecule has 0 saturated heterocycles. The summed E-state index contributed by atoms with van der Waals surface area (Å²) in [5, 5.41) is 0. The first-order valence-corrected chi connectivity index (χ1v) is 13.1. The van der Waals surface area contributed by atoms with E-state index in [4.69, 9.17) is 0 Å². The molecule has 0 unspecified atom stereocenters. The summed E-state index contributed by atoms with van der Waals surface area (Å²) in [5.41, 5.74) is 0. The van der Waals surface area contributed by atoms with Crippen LogP contribution in [0.1, 0.15) is 0 Å². The van der Waals surface area contributed by atoms with Gasteiger partial charge in [0, 0.05) is 0 Å². The number of carbonyl (C=O) groups is 3. The van der Waals surface area contributed by atoms with E-state index in [2.05, 4.69) is 3.02 Å². The SMILES string of the molecule is O.O=C(/C=C(\[O][Pr]([O]/C(=C\C(=O)C(F)(F)F)C(F)(F)F)[O]/C(=C\C(=O)C(F)(F)F)C(F)(F)F)C(F)(F)F)C(F)(F)F. The molecule has 2 N–H and O–H groups in total. The van der Waals surface area contributed by atoms with E-state index in [9.17, 15) is 93.4 Å². The number of rotatable bonds is 9. The third kappa shape index (κ3) is 14.4. The van der Waals surface area contributed by atoms with Crippen molar-refractivity contribution < 1.29 is 139 Å². The van der Waals surface area contributed by atoms with Crippen LogP contribution in [0, 0.1) is 36.8 Å². The second-order valence-electron chi connectivity index (χ2n) is 6.25. The molecular formula is C15H5F18O7Pr. The minimum absolute atomic E-state index is 0. The second-order valence-corrected chi connectivity index (χ2v) is 10.4. The Bertz CT molecular complexity index is 920. The Labute approximate surface area is 228 Å². The Morgan fingerprint density at radius 3 is 0.683 bits per heavy atom. The summed E-state index contributed by atoms with van der Waals surface area (Å²) in [5.74, 6) is -20.9. The number of allylic oxidation sites excluding steroid dienone is 6. The third-order valence-corrected chi connectivity index (χ3v) is 7.43. The van der Waals surface area contributed by atoms with Crippen LogP contribution in [0.25, 0.3) is 0 Å². The molecule has 41 heavy (non-hydrogen) atoms. The number of ketones is 3. The molecular weight excluding hydrogens is 775 g/mol. The molecule has 0 amide bonds. The number of carbonyl (C=O) groups excluding carboxylic acids is 3. The van der Waals surface area contributed by atoms with Gasteiger partial charge in [-0.25, -0.2) is 0 Å². The minimum atomic E-state index is -7.57. The Kier molecular flexibility index (Phi) is 13.7. The molecule has 0 aliphatic rings. The summed E-state index contributed by atoms with van der Waals surface area (Å²) in [4.78, 5) is 32.5. The van der Waals surface area contributed by atoms with Gasteiger partial charge in [-0.05, 0) is 0 Å². The van der Waals surface area contributed by atoms with Crippen LogP contribution in [0.3, 0.4) is 0 Å². The number of halogens is 18.